The molecule has 0 bridgehead atoms. The summed E-state index contributed by atoms with van der Waals surface area (Å²) in [5.74, 6) is 0.0811. The second-order valence-electron chi connectivity index (χ2n) is 6.54. The monoisotopic (exact) mass is 335 g/mol. The van der Waals surface area contributed by atoms with Crippen LogP contribution in [0.15, 0.2) is 60.9 Å². The molecule has 0 unspecified atom stereocenters. The van der Waals surface area contributed by atoms with E-state index in [9.17, 15) is 4.79 Å². The number of benzene rings is 1. The van der Waals surface area contributed by atoms with Crippen LogP contribution in [0.1, 0.15) is 24.5 Å². The Morgan fingerprint density at radius 3 is 2.76 bits per heavy atom. The molecular formula is C21H25N3O. The predicted octanol–water partition coefficient (Wildman–Crippen LogP) is 3.22. The van der Waals surface area contributed by atoms with Crippen molar-refractivity contribution >= 4 is 12.0 Å². The lowest BCUT2D eigenvalue weighted by molar-refractivity contribution is -0.125. The molecule has 25 heavy (non-hydrogen) atoms. The van der Waals surface area contributed by atoms with Crippen molar-refractivity contribution in [2.75, 3.05) is 19.6 Å². The third kappa shape index (κ3) is 5.00. The highest BCUT2D eigenvalue weighted by Crippen LogP contribution is 2.15. The second kappa shape index (κ2) is 8.58. The molecule has 2 heterocycles. The van der Waals surface area contributed by atoms with Crippen molar-refractivity contribution in [1.29, 1.82) is 0 Å². The number of nitrogens with zero attached hydrogens (tertiary/aromatic N) is 3. The van der Waals surface area contributed by atoms with E-state index in [1.165, 1.54) is 5.56 Å². The molecule has 0 aliphatic carbocycles. The molecule has 0 saturated carbocycles. The maximum absolute atomic E-state index is 12.5. The number of hydrogen-bond acceptors (Lipinski definition) is 3. The lowest BCUT2D eigenvalue weighted by Gasteiger charge is -2.26. The van der Waals surface area contributed by atoms with Gasteiger partial charge in [-0.05, 0) is 36.6 Å². The highest BCUT2D eigenvalue weighted by atomic mass is 16.2. The van der Waals surface area contributed by atoms with Crippen LogP contribution in [0.2, 0.25) is 0 Å². The van der Waals surface area contributed by atoms with Gasteiger partial charge in [0.2, 0.25) is 5.91 Å². The molecule has 1 atom stereocenters. The van der Waals surface area contributed by atoms with Gasteiger partial charge < -0.3 is 4.90 Å². The Hall–Kier alpha value is -2.46. The first kappa shape index (κ1) is 17.4. The van der Waals surface area contributed by atoms with Crippen LogP contribution in [0, 0.1) is 0 Å². The summed E-state index contributed by atoms with van der Waals surface area (Å²) in [5.41, 5.74) is 2.27. The third-order valence-corrected chi connectivity index (χ3v) is 4.74. The quantitative estimate of drug-likeness (QED) is 0.805. The van der Waals surface area contributed by atoms with E-state index >= 15 is 0 Å². The summed E-state index contributed by atoms with van der Waals surface area (Å²) in [5, 5.41) is 0. The maximum atomic E-state index is 12.5. The Balaban J connectivity index is 1.58. The lowest BCUT2D eigenvalue weighted by atomic mass is 10.1. The van der Waals surface area contributed by atoms with Crippen LogP contribution >= 0.6 is 0 Å². The molecule has 1 saturated heterocycles. The number of amides is 1. The van der Waals surface area contributed by atoms with Gasteiger partial charge in [-0.25, -0.2) is 0 Å². The average Bonchev–Trinajstić information content (AvgIpc) is 2.84. The summed E-state index contributed by atoms with van der Waals surface area (Å²) < 4.78 is 0. The summed E-state index contributed by atoms with van der Waals surface area (Å²) in [6.07, 6.45) is 7.99. The smallest absolute Gasteiger partial charge is 0.246 e. The Labute approximate surface area is 149 Å². The Kier molecular flexibility index (Phi) is 5.96. The van der Waals surface area contributed by atoms with E-state index in [0.717, 1.165) is 38.2 Å². The zero-order valence-electron chi connectivity index (χ0n) is 14.7. The van der Waals surface area contributed by atoms with Crippen LogP contribution in [0.4, 0.5) is 0 Å². The molecule has 2 aromatic rings. The van der Waals surface area contributed by atoms with Gasteiger partial charge in [0, 0.05) is 50.7 Å². The van der Waals surface area contributed by atoms with Crippen LogP contribution in [0.25, 0.3) is 6.08 Å². The fourth-order valence-corrected chi connectivity index (χ4v) is 3.13. The predicted molar refractivity (Wildman–Crippen MR) is 101 cm³/mol. The van der Waals surface area contributed by atoms with Crippen molar-refractivity contribution in [2.45, 2.75) is 25.9 Å². The minimum atomic E-state index is 0.0811. The first-order chi connectivity index (χ1) is 12.2. The van der Waals surface area contributed by atoms with Gasteiger partial charge in [-0.1, -0.05) is 36.4 Å². The van der Waals surface area contributed by atoms with E-state index in [2.05, 4.69) is 41.1 Å². The number of pyridine rings is 1. The van der Waals surface area contributed by atoms with Gasteiger partial charge in [0.25, 0.3) is 0 Å². The number of carbonyl (C=O) groups excluding carboxylic acids is 1. The van der Waals surface area contributed by atoms with E-state index in [1.807, 2.05) is 29.2 Å². The normalized spacial score (nSPS) is 19.1. The third-order valence-electron chi connectivity index (χ3n) is 4.74. The SMILES string of the molecule is C[C@H]1CCN(C(=O)/C=C\c2cccnc2)CCN1Cc1ccccc1. The molecule has 4 nitrogen and oxygen atoms in total. The van der Waals surface area contributed by atoms with E-state index in [1.54, 1.807) is 18.5 Å². The summed E-state index contributed by atoms with van der Waals surface area (Å²) in [6, 6.07) is 14.8. The molecule has 1 aliphatic rings. The van der Waals surface area contributed by atoms with Crippen LogP contribution < -0.4 is 0 Å². The van der Waals surface area contributed by atoms with Crippen molar-refractivity contribution in [3.63, 3.8) is 0 Å². The van der Waals surface area contributed by atoms with Gasteiger partial charge >= 0.3 is 0 Å². The van der Waals surface area contributed by atoms with Crippen LogP contribution in [-0.4, -0.2) is 46.4 Å². The number of rotatable bonds is 4. The van der Waals surface area contributed by atoms with Gasteiger partial charge in [0.15, 0.2) is 0 Å². The van der Waals surface area contributed by atoms with Gasteiger partial charge in [0.05, 0.1) is 0 Å². The van der Waals surface area contributed by atoms with E-state index in [0.29, 0.717) is 6.04 Å². The van der Waals surface area contributed by atoms with Crippen LogP contribution in [0.3, 0.4) is 0 Å². The van der Waals surface area contributed by atoms with Gasteiger partial charge in [-0.15, -0.1) is 0 Å². The standard InChI is InChI=1S/C21H25N3O/c1-18-11-13-23(21(25)10-9-19-8-5-12-22-16-19)14-15-24(18)17-20-6-3-2-4-7-20/h2-10,12,16,18H,11,13-15,17H2,1H3/b10-9-/t18-/m0/s1. The summed E-state index contributed by atoms with van der Waals surface area (Å²) >= 11 is 0. The number of carbonyl (C=O) groups is 1. The molecule has 4 heteroatoms. The van der Waals surface area contributed by atoms with Gasteiger partial charge in [0.1, 0.15) is 0 Å². The first-order valence-electron chi connectivity index (χ1n) is 8.87. The Morgan fingerprint density at radius 1 is 1.16 bits per heavy atom. The zero-order chi connectivity index (χ0) is 17.5. The molecule has 0 radical (unpaired) electrons. The number of aromatic nitrogens is 1. The van der Waals surface area contributed by atoms with Gasteiger partial charge in [-0.3, -0.25) is 14.7 Å². The molecular weight excluding hydrogens is 310 g/mol. The summed E-state index contributed by atoms with van der Waals surface area (Å²) in [6.45, 7) is 5.68. The van der Waals surface area contributed by atoms with Crippen molar-refractivity contribution in [1.82, 2.24) is 14.8 Å². The minimum Gasteiger partial charge on any atom is -0.338 e. The van der Waals surface area contributed by atoms with E-state index < -0.39 is 0 Å². The molecule has 1 aromatic carbocycles. The molecule has 3 rings (SSSR count). The molecule has 0 spiro atoms. The zero-order valence-corrected chi connectivity index (χ0v) is 14.7. The van der Waals surface area contributed by atoms with E-state index in [4.69, 9.17) is 0 Å². The molecule has 130 valence electrons. The molecule has 1 fully saturated rings. The van der Waals surface area contributed by atoms with Crippen LogP contribution in [-0.2, 0) is 11.3 Å². The largest absolute Gasteiger partial charge is 0.338 e. The van der Waals surface area contributed by atoms with E-state index in [-0.39, 0.29) is 5.91 Å². The highest BCUT2D eigenvalue weighted by molar-refractivity contribution is 5.91. The maximum Gasteiger partial charge on any atom is 0.246 e. The molecule has 0 N–H and O–H groups in total. The highest BCUT2D eigenvalue weighted by Gasteiger charge is 2.22. The summed E-state index contributed by atoms with van der Waals surface area (Å²) in [7, 11) is 0. The first-order valence-corrected chi connectivity index (χ1v) is 8.87. The molecule has 1 amide bonds. The fraction of sp³-hybridized carbons (Fsp3) is 0.333. The van der Waals surface area contributed by atoms with Crippen molar-refractivity contribution in [3.05, 3.63) is 72.1 Å². The Morgan fingerprint density at radius 2 is 2.00 bits per heavy atom. The molecule has 1 aromatic heterocycles. The lowest BCUT2D eigenvalue weighted by Crippen LogP contribution is -2.35. The van der Waals surface area contributed by atoms with Crippen molar-refractivity contribution in [3.8, 4) is 0 Å². The average molecular weight is 335 g/mol. The van der Waals surface area contributed by atoms with Gasteiger partial charge in [-0.2, -0.15) is 0 Å². The molecule has 1 aliphatic heterocycles. The minimum absolute atomic E-state index is 0.0811. The fourth-order valence-electron chi connectivity index (χ4n) is 3.13. The second-order valence-corrected chi connectivity index (χ2v) is 6.54. The van der Waals surface area contributed by atoms with Crippen molar-refractivity contribution < 1.29 is 4.79 Å². The van der Waals surface area contributed by atoms with Crippen molar-refractivity contribution in [2.24, 2.45) is 0 Å². The topological polar surface area (TPSA) is 36.4 Å². The van der Waals surface area contributed by atoms with Crippen LogP contribution in [0.5, 0.6) is 0 Å². The number of hydrogen-bond donors (Lipinski definition) is 0. The Bertz CT molecular complexity index is 700. The summed E-state index contributed by atoms with van der Waals surface area (Å²) in [4.78, 5) is 21.0.